The average molecular weight is 269 g/mol. The fourth-order valence-electron chi connectivity index (χ4n) is 2.14. The van der Waals surface area contributed by atoms with Crippen LogP contribution in [0.25, 0.3) is 0 Å². The van der Waals surface area contributed by atoms with E-state index in [-0.39, 0.29) is 0 Å². The van der Waals surface area contributed by atoms with Crippen LogP contribution in [0.15, 0.2) is 54.7 Å². The van der Waals surface area contributed by atoms with Crippen LogP contribution in [-0.4, -0.2) is 29.5 Å². The van der Waals surface area contributed by atoms with Crippen molar-refractivity contribution >= 4 is 0 Å². The molecule has 0 aliphatic rings. The molecule has 0 atom stereocenters. The van der Waals surface area contributed by atoms with Gasteiger partial charge in [0.25, 0.3) is 0 Å². The summed E-state index contributed by atoms with van der Waals surface area (Å²) in [5.41, 5.74) is 2.47. The highest BCUT2D eigenvalue weighted by atomic mass is 15.1. The van der Waals surface area contributed by atoms with Gasteiger partial charge < -0.3 is 5.32 Å². The lowest BCUT2D eigenvalue weighted by Gasteiger charge is -2.20. The molecule has 0 bridgehead atoms. The van der Waals surface area contributed by atoms with E-state index < -0.39 is 0 Å². The minimum absolute atomic E-state index is 0.921. The molecule has 3 nitrogen and oxygen atoms in total. The van der Waals surface area contributed by atoms with Gasteiger partial charge in [-0.15, -0.1) is 0 Å². The minimum atomic E-state index is 0.921. The van der Waals surface area contributed by atoms with Crippen LogP contribution >= 0.6 is 0 Å². The van der Waals surface area contributed by atoms with Gasteiger partial charge in [0.2, 0.25) is 0 Å². The molecule has 20 heavy (non-hydrogen) atoms. The summed E-state index contributed by atoms with van der Waals surface area (Å²) in [6, 6.07) is 16.6. The van der Waals surface area contributed by atoms with Crippen molar-refractivity contribution in [2.24, 2.45) is 0 Å². The van der Waals surface area contributed by atoms with Crippen LogP contribution in [0.4, 0.5) is 0 Å². The second kappa shape index (κ2) is 8.46. The maximum absolute atomic E-state index is 4.38. The first kappa shape index (κ1) is 14.7. The molecule has 0 aliphatic carbocycles. The first-order valence-corrected chi connectivity index (χ1v) is 7.25. The minimum Gasteiger partial charge on any atom is -0.311 e. The Hall–Kier alpha value is -1.71. The smallest absolute Gasteiger partial charge is 0.0543 e. The molecule has 2 rings (SSSR count). The maximum Gasteiger partial charge on any atom is 0.0543 e. The Morgan fingerprint density at radius 3 is 2.55 bits per heavy atom. The van der Waals surface area contributed by atoms with Crippen LogP contribution in [0.2, 0.25) is 0 Å². The van der Waals surface area contributed by atoms with Crippen LogP contribution in [-0.2, 0) is 13.1 Å². The van der Waals surface area contributed by atoms with E-state index in [1.807, 2.05) is 18.3 Å². The summed E-state index contributed by atoms with van der Waals surface area (Å²) in [6.45, 7) is 7.13. The van der Waals surface area contributed by atoms with Crippen molar-refractivity contribution in [2.75, 3.05) is 19.6 Å². The third kappa shape index (κ3) is 5.11. The summed E-state index contributed by atoms with van der Waals surface area (Å²) in [6.07, 6.45) is 1.86. The molecule has 0 saturated heterocycles. The van der Waals surface area contributed by atoms with E-state index in [1.165, 1.54) is 5.56 Å². The van der Waals surface area contributed by atoms with Crippen LogP contribution < -0.4 is 5.32 Å². The molecule has 106 valence electrons. The molecule has 1 heterocycles. The standard InChI is InChI=1S/C17H23N3/c1-2-20(15-17-10-6-7-11-19-17)13-12-18-14-16-8-4-3-5-9-16/h3-11,18H,2,12-15H2,1H3. The molecule has 0 aliphatic heterocycles. The monoisotopic (exact) mass is 269 g/mol. The van der Waals surface area contributed by atoms with Crippen molar-refractivity contribution in [3.05, 3.63) is 66.0 Å². The van der Waals surface area contributed by atoms with Gasteiger partial charge in [-0.3, -0.25) is 9.88 Å². The van der Waals surface area contributed by atoms with Crippen molar-refractivity contribution in [1.82, 2.24) is 15.2 Å². The number of nitrogens with one attached hydrogen (secondary N) is 1. The number of rotatable bonds is 8. The molecule has 0 spiro atoms. The largest absolute Gasteiger partial charge is 0.311 e. The summed E-state index contributed by atoms with van der Waals surface area (Å²) in [4.78, 5) is 6.78. The Balaban J connectivity index is 1.69. The molecule has 2 aromatic rings. The number of hydrogen-bond acceptors (Lipinski definition) is 3. The van der Waals surface area contributed by atoms with Crippen LogP contribution in [0.3, 0.4) is 0 Å². The Bertz CT molecular complexity index is 470. The van der Waals surface area contributed by atoms with E-state index >= 15 is 0 Å². The predicted molar refractivity (Wildman–Crippen MR) is 83.3 cm³/mol. The molecule has 0 unspecified atom stereocenters. The van der Waals surface area contributed by atoms with Gasteiger partial charge in [0.1, 0.15) is 0 Å². The molecule has 0 amide bonds. The van der Waals surface area contributed by atoms with Gasteiger partial charge >= 0.3 is 0 Å². The number of likely N-dealkylation sites (N-methyl/N-ethyl adjacent to an activating group) is 1. The topological polar surface area (TPSA) is 28.2 Å². The first-order valence-electron chi connectivity index (χ1n) is 7.25. The Kier molecular flexibility index (Phi) is 6.21. The number of hydrogen-bond donors (Lipinski definition) is 1. The van der Waals surface area contributed by atoms with Gasteiger partial charge in [-0.25, -0.2) is 0 Å². The molecule has 1 N–H and O–H groups in total. The van der Waals surface area contributed by atoms with Crippen molar-refractivity contribution in [2.45, 2.75) is 20.0 Å². The maximum atomic E-state index is 4.38. The third-order valence-electron chi connectivity index (χ3n) is 3.34. The molecular formula is C17H23N3. The van der Waals surface area contributed by atoms with Crippen molar-refractivity contribution < 1.29 is 0 Å². The van der Waals surface area contributed by atoms with Gasteiger partial charge in [0.15, 0.2) is 0 Å². The van der Waals surface area contributed by atoms with E-state index in [0.717, 1.165) is 38.4 Å². The van der Waals surface area contributed by atoms with Gasteiger partial charge in [-0.1, -0.05) is 43.3 Å². The Labute approximate surface area is 121 Å². The van der Waals surface area contributed by atoms with E-state index in [0.29, 0.717) is 0 Å². The van der Waals surface area contributed by atoms with E-state index in [2.05, 4.69) is 58.5 Å². The summed E-state index contributed by atoms with van der Waals surface area (Å²) < 4.78 is 0. The molecule has 0 saturated carbocycles. The molecule has 0 fully saturated rings. The van der Waals surface area contributed by atoms with E-state index in [1.54, 1.807) is 0 Å². The molecule has 0 radical (unpaired) electrons. The Morgan fingerprint density at radius 2 is 1.85 bits per heavy atom. The number of nitrogens with zero attached hydrogens (tertiary/aromatic N) is 2. The SMILES string of the molecule is CCN(CCNCc1ccccc1)Cc1ccccn1. The van der Waals surface area contributed by atoms with Gasteiger partial charge in [0.05, 0.1) is 5.69 Å². The number of aromatic nitrogens is 1. The van der Waals surface area contributed by atoms with Crippen LogP contribution in [0.1, 0.15) is 18.2 Å². The summed E-state index contributed by atoms with van der Waals surface area (Å²) in [5, 5.41) is 3.49. The highest BCUT2D eigenvalue weighted by Crippen LogP contribution is 2.00. The normalized spacial score (nSPS) is 10.9. The fraction of sp³-hybridized carbons (Fsp3) is 0.353. The lowest BCUT2D eigenvalue weighted by atomic mass is 10.2. The molecular weight excluding hydrogens is 246 g/mol. The van der Waals surface area contributed by atoms with Crippen molar-refractivity contribution in [1.29, 1.82) is 0 Å². The first-order chi connectivity index (χ1) is 9.88. The second-order valence-electron chi connectivity index (χ2n) is 4.85. The van der Waals surface area contributed by atoms with Crippen molar-refractivity contribution in [3.8, 4) is 0 Å². The summed E-state index contributed by atoms with van der Waals surface area (Å²) in [7, 11) is 0. The van der Waals surface area contributed by atoms with Gasteiger partial charge in [0, 0.05) is 32.4 Å². The lowest BCUT2D eigenvalue weighted by molar-refractivity contribution is 0.276. The zero-order valence-corrected chi connectivity index (χ0v) is 12.1. The average Bonchev–Trinajstić information content (AvgIpc) is 2.52. The number of pyridine rings is 1. The fourth-order valence-corrected chi connectivity index (χ4v) is 2.14. The van der Waals surface area contributed by atoms with Gasteiger partial charge in [-0.05, 0) is 24.2 Å². The summed E-state index contributed by atoms with van der Waals surface area (Å²) in [5.74, 6) is 0. The third-order valence-corrected chi connectivity index (χ3v) is 3.34. The van der Waals surface area contributed by atoms with Crippen molar-refractivity contribution in [3.63, 3.8) is 0 Å². The highest BCUT2D eigenvalue weighted by molar-refractivity contribution is 5.14. The van der Waals surface area contributed by atoms with Gasteiger partial charge in [-0.2, -0.15) is 0 Å². The Morgan fingerprint density at radius 1 is 1.05 bits per heavy atom. The quantitative estimate of drug-likeness (QED) is 0.747. The highest BCUT2D eigenvalue weighted by Gasteiger charge is 2.03. The molecule has 3 heteroatoms. The van der Waals surface area contributed by atoms with Crippen LogP contribution in [0.5, 0.6) is 0 Å². The van der Waals surface area contributed by atoms with E-state index in [4.69, 9.17) is 0 Å². The summed E-state index contributed by atoms with van der Waals surface area (Å²) >= 11 is 0. The second-order valence-corrected chi connectivity index (χ2v) is 4.85. The lowest BCUT2D eigenvalue weighted by Crippen LogP contribution is -2.31. The zero-order chi connectivity index (χ0) is 14.0. The van der Waals surface area contributed by atoms with Crippen LogP contribution in [0, 0.1) is 0 Å². The molecule has 1 aromatic carbocycles. The predicted octanol–water partition coefficient (Wildman–Crippen LogP) is 2.69. The number of benzene rings is 1. The van der Waals surface area contributed by atoms with E-state index in [9.17, 15) is 0 Å². The molecule has 1 aromatic heterocycles. The zero-order valence-electron chi connectivity index (χ0n) is 12.1.